The number of hydrogen-bond donors (Lipinski definition) is 4. The summed E-state index contributed by atoms with van der Waals surface area (Å²) in [5.41, 5.74) is 5.50. The third-order valence-electron chi connectivity index (χ3n) is 4.58. The summed E-state index contributed by atoms with van der Waals surface area (Å²) in [5.74, 6) is 0.842. The van der Waals surface area contributed by atoms with Crippen LogP contribution in [0.3, 0.4) is 0 Å². The van der Waals surface area contributed by atoms with E-state index in [4.69, 9.17) is 10.8 Å². The Balaban J connectivity index is 3.27. The highest BCUT2D eigenvalue weighted by atomic mass is 16.3. The van der Waals surface area contributed by atoms with E-state index in [1.165, 1.54) is 57.8 Å². The number of aliphatic hydroxyl groups excluding tert-OH is 3. The van der Waals surface area contributed by atoms with Gasteiger partial charge in [-0.2, -0.15) is 0 Å². The van der Waals surface area contributed by atoms with Crippen LogP contribution in [0, 0.1) is 5.92 Å². The normalized spacial score (nSPS) is 15.8. The van der Waals surface area contributed by atoms with Crippen LogP contribution in [0.2, 0.25) is 0 Å². The first-order valence-electron chi connectivity index (χ1n) is 9.71. The van der Waals surface area contributed by atoms with Crippen molar-refractivity contribution in [1.82, 2.24) is 0 Å². The first-order valence-corrected chi connectivity index (χ1v) is 9.71. The summed E-state index contributed by atoms with van der Waals surface area (Å²) >= 11 is 0. The molecule has 3 atom stereocenters. The third kappa shape index (κ3) is 13.9. The van der Waals surface area contributed by atoms with E-state index in [0.717, 1.165) is 18.8 Å². The van der Waals surface area contributed by atoms with Crippen molar-refractivity contribution in [2.24, 2.45) is 11.7 Å². The van der Waals surface area contributed by atoms with Gasteiger partial charge in [0.15, 0.2) is 0 Å². The highest BCUT2D eigenvalue weighted by Gasteiger charge is 2.22. The lowest BCUT2D eigenvalue weighted by Gasteiger charge is -2.22. The Kier molecular flexibility index (Phi) is 15.3. The summed E-state index contributed by atoms with van der Waals surface area (Å²) < 4.78 is 0. The number of rotatable bonds is 16. The molecular weight excluding hydrogens is 290 g/mol. The molecular formula is C19H41NO3. The van der Waals surface area contributed by atoms with Crippen LogP contribution in [0.25, 0.3) is 0 Å². The molecule has 0 heterocycles. The topological polar surface area (TPSA) is 86.7 Å². The maximum atomic E-state index is 9.76. The van der Waals surface area contributed by atoms with E-state index < -0.39 is 18.2 Å². The number of unbranched alkanes of at least 4 members (excludes halogenated alkanes) is 9. The predicted octanol–water partition coefficient (Wildman–Crippen LogP) is 3.37. The van der Waals surface area contributed by atoms with Gasteiger partial charge in [-0.05, 0) is 12.3 Å². The summed E-state index contributed by atoms with van der Waals surface area (Å²) in [4.78, 5) is 0. The number of hydrogen-bond acceptors (Lipinski definition) is 4. The first kappa shape index (κ1) is 22.8. The Morgan fingerprint density at radius 3 is 1.48 bits per heavy atom. The van der Waals surface area contributed by atoms with Gasteiger partial charge in [-0.25, -0.2) is 0 Å². The van der Waals surface area contributed by atoms with Gasteiger partial charge in [-0.1, -0.05) is 84.5 Å². The van der Waals surface area contributed by atoms with E-state index in [0.29, 0.717) is 6.42 Å². The highest BCUT2D eigenvalue weighted by molar-refractivity contribution is 4.77. The SMILES string of the molecule is CC(C)CCCCCCCCCCCC[C@@H](O)[C@@H](O)[C@@H](N)CO. The molecule has 0 rings (SSSR count). The second-order valence-corrected chi connectivity index (χ2v) is 7.41. The summed E-state index contributed by atoms with van der Waals surface area (Å²) in [6, 6.07) is -0.745. The van der Waals surface area contributed by atoms with Crippen molar-refractivity contribution < 1.29 is 15.3 Å². The van der Waals surface area contributed by atoms with Gasteiger partial charge in [0.2, 0.25) is 0 Å². The van der Waals surface area contributed by atoms with Gasteiger partial charge in [0.1, 0.15) is 0 Å². The van der Waals surface area contributed by atoms with Crippen LogP contribution in [-0.2, 0) is 0 Å². The van der Waals surface area contributed by atoms with Gasteiger partial charge in [0, 0.05) is 0 Å². The molecule has 0 fully saturated rings. The molecule has 0 aromatic rings. The Morgan fingerprint density at radius 1 is 0.696 bits per heavy atom. The van der Waals surface area contributed by atoms with Crippen LogP contribution in [0.15, 0.2) is 0 Å². The van der Waals surface area contributed by atoms with Crippen molar-refractivity contribution in [3.05, 3.63) is 0 Å². The van der Waals surface area contributed by atoms with Crippen LogP contribution in [0.4, 0.5) is 0 Å². The minimum Gasteiger partial charge on any atom is -0.395 e. The second-order valence-electron chi connectivity index (χ2n) is 7.41. The molecule has 0 aromatic carbocycles. The maximum Gasteiger partial charge on any atom is 0.0971 e. The fraction of sp³-hybridized carbons (Fsp3) is 1.00. The first-order chi connectivity index (χ1) is 11.0. The van der Waals surface area contributed by atoms with E-state index in [9.17, 15) is 10.2 Å². The smallest absolute Gasteiger partial charge is 0.0971 e. The molecule has 0 aliphatic heterocycles. The molecule has 5 N–H and O–H groups in total. The Hall–Kier alpha value is -0.160. The summed E-state index contributed by atoms with van der Waals surface area (Å²) in [7, 11) is 0. The van der Waals surface area contributed by atoms with Crippen molar-refractivity contribution in [3.8, 4) is 0 Å². The Morgan fingerprint density at radius 2 is 1.09 bits per heavy atom. The third-order valence-corrected chi connectivity index (χ3v) is 4.58. The lowest BCUT2D eigenvalue weighted by molar-refractivity contribution is -0.0121. The summed E-state index contributed by atoms with van der Waals surface area (Å²) in [5, 5.41) is 28.2. The zero-order valence-corrected chi connectivity index (χ0v) is 15.4. The molecule has 4 nitrogen and oxygen atoms in total. The minimum atomic E-state index is -1.02. The molecule has 0 saturated heterocycles. The Bertz CT molecular complexity index is 249. The maximum absolute atomic E-state index is 9.76. The number of aliphatic hydroxyl groups is 3. The van der Waals surface area contributed by atoms with Gasteiger partial charge >= 0.3 is 0 Å². The lowest BCUT2D eigenvalue weighted by Crippen LogP contribution is -2.45. The van der Waals surface area contributed by atoms with Crippen molar-refractivity contribution in [1.29, 1.82) is 0 Å². The van der Waals surface area contributed by atoms with Crippen molar-refractivity contribution in [3.63, 3.8) is 0 Å². The van der Waals surface area contributed by atoms with Gasteiger partial charge in [0.05, 0.1) is 24.9 Å². The standard InChI is InChI=1S/C19H41NO3/c1-16(2)13-11-9-7-5-3-4-6-8-10-12-14-18(22)19(23)17(20)15-21/h16-19,21-23H,3-15,20H2,1-2H3/t17-,18+,19-/m0/s1. The van der Waals surface area contributed by atoms with Crippen LogP contribution >= 0.6 is 0 Å². The predicted molar refractivity (Wildman–Crippen MR) is 97.3 cm³/mol. The van der Waals surface area contributed by atoms with E-state index in [1.807, 2.05) is 0 Å². The van der Waals surface area contributed by atoms with E-state index in [2.05, 4.69) is 13.8 Å². The molecule has 0 aromatic heterocycles. The molecule has 0 unspecified atom stereocenters. The monoisotopic (exact) mass is 331 g/mol. The molecule has 0 bridgehead atoms. The summed E-state index contributed by atoms with van der Waals surface area (Å²) in [6.45, 7) is 4.29. The molecule has 140 valence electrons. The molecule has 0 amide bonds. The fourth-order valence-electron chi connectivity index (χ4n) is 2.88. The fourth-order valence-corrected chi connectivity index (χ4v) is 2.88. The van der Waals surface area contributed by atoms with Crippen LogP contribution in [0.5, 0.6) is 0 Å². The average Bonchev–Trinajstić information content (AvgIpc) is 2.53. The molecule has 0 aliphatic carbocycles. The minimum absolute atomic E-state index is 0.296. The summed E-state index contributed by atoms with van der Waals surface area (Å²) in [6.07, 6.45) is 12.7. The van der Waals surface area contributed by atoms with Crippen molar-refractivity contribution >= 4 is 0 Å². The average molecular weight is 332 g/mol. The molecule has 0 aliphatic rings. The van der Waals surface area contributed by atoms with Crippen LogP contribution in [0.1, 0.15) is 90.9 Å². The Labute approximate surface area is 143 Å². The van der Waals surface area contributed by atoms with Crippen LogP contribution < -0.4 is 5.73 Å². The van der Waals surface area contributed by atoms with Gasteiger partial charge in [-0.15, -0.1) is 0 Å². The number of nitrogens with two attached hydrogens (primary N) is 1. The second kappa shape index (κ2) is 15.4. The largest absolute Gasteiger partial charge is 0.395 e. The van der Waals surface area contributed by atoms with Crippen molar-refractivity contribution in [2.45, 2.75) is 109 Å². The molecule has 4 heteroatoms. The van der Waals surface area contributed by atoms with E-state index >= 15 is 0 Å². The lowest BCUT2D eigenvalue weighted by atomic mass is 10.00. The molecule has 0 spiro atoms. The zero-order valence-electron chi connectivity index (χ0n) is 15.4. The zero-order chi connectivity index (χ0) is 17.5. The van der Waals surface area contributed by atoms with Gasteiger partial charge in [-0.3, -0.25) is 0 Å². The van der Waals surface area contributed by atoms with E-state index in [1.54, 1.807) is 0 Å². The van der Waals surface area contributed by atoms with E-state index in [-0.39, 0.29) is 6.61 Å². The molecule has 0 saturated carbocycles. The quantitative estimate of drug-likeness (QED) is 0.327. The molecule has 23 heavy (non-hydrogen) atoms. The highest BCUT2D eigenvalue weighted by Crippen LogP contribution is 2.14. The van der Waals surface area contributed by atoms with Gasteiger partial charge < -0.3 is 21.1 Å². The van der Waals surface area contributed by atoms with Crippen LogP contribution in [-0.4, -0.2) is 40.2 Å². The van der Waals surface area contributed by atoms with Gasteiger partial charge in [0.25, 0.3) is 0 Å². The molecule has 0 radical (unpaired) electrons. The van der Waals surface area contributed by atoms with Crippen molar-refractivity contribution in [2.75, 3.05) is 6.61 Å².